The van der Waals surface area contributed by atoms with Crippen molar-refractivity contribution in [3.63, 3.8) is 0 Å². The first kappa shape index (κ1) is 6.99. The van der Waals surface area contributed by atoms with Gasteiger partial charge in [0, 0.05) is 31.8 Å². The number of aldehydes is 1. The third-order valence-corrected chi connectivity index (χ3v) is 1.22. The summed E-state index contributed by atoms with van der Waals surface area (Å²) in [5.74, 6) is 0. The van der Waals surface area contributed by atoms with E-state index in [1.54, 1.807) is 5.01 Å². The molecule has 0 spiro atoms. The van der Waals surface area contributed by atoms with Crippen LogP contribution in [0.5, 0.6) is 0 Å². The van der Waals surface area contributed by atoms with Gasteiger partial charge in [0.05, 0.1) is 0 Å². The average molecular weight is 138 g/mol. The monoisotopic (exact) mass is 138 g/mol. The summed E-state index contributed by atoms with van der Waals surface area (Å²) in [6, 6.07) is 0. The molecule has 54 valence electrons. The number of hydrazone groups is 1. The van der Waals surface area contributed by atoms with Crippen molar-refractivity contribution in [2.24, 2.45) is 5.10 Å². The third kappa shape index (κ3) is 2.01. The molecule has 0 aromatic rings. The van der Waals surface area contributed by atoms with Crippen molar-refractivity contribution in [2.45, 2.75) is 12.8 Å². The molecule has 3 heteroatoms. The van der Waals surface area contributed by atoms with E-state index >= 15 is 0 Å². The predicted molar refractivity (Wildman–Crippen MR) is 39.6 cm³/mol. The highest BCUT2D eigenvalue weighted by Gasteiger charge is 1.95. The maximum Gasteiger partial charge on any atom is 0.121 e. The lowest BCUT2D eigenvalue weighted by atomic mass is 10.4. The van der Waals surface area contributed by atoms with Gasteiger partial charge in [-0.25, -0.2) is 0 Å². The normalized spacial score (nSPS) is 15.8. The average Bonchev–Trinajstić information content (AvgIpc) is 2.03. The van der Waals surface area contributed by atoms with Gasteiger partial charge in [-0.1, -0.05) is 6.08 Å². The van der Waals surface area contributed by atoms with Crippen molar-refractivity contribution < 1.29 is 4.79 Å². The molecule has 0 aromatic carbocycles. The molecule has 0 amide bonds. The minimum absolute atomic E-state index is 0.543. The predicted octanol–water partition coefficient (Wildman–Crippen LogP) is 0.781. The lowest BCUT2D eigenvalue weighted by Gasteiger charge is -2.13. The van der Waals surface area contributed by atoms with Gasteiger partial charge in [-0.15, -0.1) is 0 Å². The molecule has 0 N–H and O–H groups in total. The van der Waals surface area contributed by atoms with Gasteiger partial charge in [0.15, 0.2) is 0 Å². The molecule has 1 aliphatic rings. The molecule has 0 saturated heterocycles. The molecule has 0 atom stereocenters. The fourth-order valence-corrected chi connectivity index (χ4v) is 0.751. The lowest BCUT2D eigenvalue weighted by Crippen LogP contribution is -2.13. The fourth-order valence-electron chi connectivity index (χ4n) is 0.751. The van der Waals surface area contributed by atoms with Gasteiger partial charge in [0.1, 0.15) is 6.29 Å². The summed E-state index contributed by atoms with van der Waals surface area (Å²) in [6.45, 7) is 0.691. The molecule has 0 bridgehead atoms. The van der Waals surface area contributed by atoms with Crippen molar-refractivity contribution in [2.75, 3.05) is 6.54 Å². The number of hydrogen-bond acceptors (Lipinski definition) is 3. The van der Waals surface area contributed by atoms with E-state index in [2.05, 4.69) is 5.10 Å². The van der Waals surface area contributed by atoms with Crippen LogP contribution in [0.15, 0.2) is 17.4 Å². The van der Waals surface area contributed by atoms with E-state index in [1.165, 1.54) is 0 Å². The smallest absolute Gasteiger partial charge is 0.121 e. The van der Waals surface area contributed by atoms with E-state index in [1.807, 2.05) is 18.5 Å². The third-order valence-electron chi connectivity index (χ3n) is 1.22. The molecule has 0 aromatic heterocycles. The molecule has 1 heterocycles. The van der Waals surface area contributed by atoms with Crippen LogP contribution in [0.3, 0.4) is 0 Å². The van der Waals surface area contributed by atoms with Crippen LogP contribution in [-0.4, -0.2) is 24.1 Å². The van der Waals surface area contributed by atoms with Gasteiger partial charge in [0.2, 0.25) is 0 Å². The molecule has 0 saturated carbocycles. The van der Waals surface area contributed by atoms with Gasteiger partial charge in [0.25, 0.3) is 0 Å². The van der Waals surface area contributed by atoms with Crippen LogP contribution in [0, 0.1) is 0 Å². The maximum absolute atomic E-state index is 9.94. The quantitative estimate of drug-likeness (QED) is 0.540. The molecular formula is C7H10N2O. The Balaban J connectivity index is 2.26. The summed E-state index contributed by atoms with van der Waals surface area (Å²) in [5, 5.41) is 5.79. The van der Waals surface area contributed by atoms with Gasteiger partial charge in [-0.05, 0) is 0 Å². The second kappa shape index (κ2) is 3.82. The minimum Gasteiger partial charge on any atom is -0.303 e. The number of hydrogen-bond donors (Lipinski definition) is 0. The van der Waals surface area contributed by atoms with Crippen LogP contribution in [0.4, 0.5) is 0 Å². The molecule has 0 aliphatic carbocycles. The van der Waals surface area contributed by atoms with Crippen LogP contribution in [0.2, 0.25) is 0 Å². The first-order valence-corrected chi connectivity index (χ1v) is 3.33. The molecule has 3 nitrogen and oxygen atoms in total. The van der Waals surface area contributed by atoms with Gasteiger partial charge in [-0.3, -0.25) is 5.01 Å². The van der Waals surface area contributed by atoms with Crippen LogP contribution in [0.25, 0.3) is 0 Å². The number of rotatable bonds is 3. The molecular weight excluding hydrogens is 128 g/mol. The van der Waals surface area contributed by atoms with Crippen LogP contribution in [0.1, 0.15) is 12.8 Å². The van der Waals surface area contributed by atoms with Gasteiger partial charge in [-0.2, -0.15) is 5.10 Å². The Bertz CT molecular complexity index is 151. The Labute approximate surface area is 60.0 Å². The van der Waals surface area contributed by atoms with Gasteiger partial charge < -0.3 is 4.79 Å². The fraction of sp³-hybridized carbons (Fsp3) is 0.429. The van der Waals surface area contributed by atoms with E-state index < -0.39 is 0 Å². The van der Waals surface area contributed by atoms with Crippen molar-refractivity contribution in [3.8, 4) is 0 Å². The van der Waals surface area contributed by atoms with Gasteiger partial charge >= 0.3 is 0 Å². The largest absolute Gasteiger partial charge is 0.303 e. The second-order valence-corrected chi connectivity index (χ2v) is 2.04. The van der Waals surface area contributed by atoms with Crippen LogP contribution >= 0.6 is 0 Å². The Morgan fingerprint density at radius 1 is 1.70 bits per heavy atom. The van der Waals surface area contributed by atoms with E-state index in [4.69, 9.17) is 0 Å². The zero-order valence-corrected chi connectivity index (χ0v) is 5.73. The Morgan fingerprint density at radius 2 is 2.60 bits per heavy atom. The summed E-state index contributed by atoms with van der Waals surface area (Å²) in [6.07, 6.45) is 8.07. The van der Waals surface area contributed by atoms with Crippen LogP contribution < -0.4 is 0 Å². The van der Waals surface area contributed by atoms with Crippen LogP contribution in [-0.2, 0) is 4.79 Å². The Morgan fingerprint density at radius 3 is 3.20 bits per heavy atom. The van der Waals surface area contributed by atoms with E-state index in [0.717, 1.165) is 12.7 Å². The van der Waals surface area contributed by atoms with E-state index in [9.17, 15) is 4.79 Å². The van der Waals surface area contributed by atoms with Crippen molar-refractivity contribution >= 4 is 12.5 Å². The zero-order valence-electron chi connectivity index (χ0n) is 5.73. The summed E-state index contributed by atoms with van der Waals surface area (Å²) < 4.78 is 0. The first-order chi connectivity index (χ1) is 4.93. The standard InChI is InChI=1S/C7H10N2O/c10-7-3-6-9-5-2-1-4-8-9/h2,4-5,7H,1,3,6H2. The molecule has 1 rings (SSSR count). The van der Waals surface area contributed by atoms with Crippen molar-refractivity contribution in [1.29, 1.82) is 0 Å². The highest BCUT2D eigenvalue weighted by Crippen LogP contribution is 1.98. The number of nitrogens with zero attached hydrogens (tertiary/aromatic N) is 2. The Hall–Kier alpha value is -1.12. The molecule has 1 aliphatic heterocycles. The van der Waals surface area contributed by atoms with Crippen molar-refractivity contribution in [3.05, 3.63) is 12.3 Å². The summed E-state index contributed by atoms with van der Waals surface area (Å²) in [4.78, 5) is 9.94. The molecule has 0 radical (unpaired) electrons. The zero-order chi connectivity index (χ0) is 7.23. The second-order valence-electron chi connectivity index (χ2n) is 2.04. The summed E-state index contributed by atoms with van der Waals surface area (Å²) >= 11 is 0. The highest BCUT2D eigenvalue weighted by atomic mass is 16.1. The number of carbonyl (C=O) groups is 1. The number of allylic oxidation sites excluding steroid dienone is 1. The minimum atomic E-state index is 0.543. The molecule has 0 fully saturated rings. The lowest BCUT2D eigenvalue weighted by molar-refractivity contribution is -0.108. The molecule has 0 unspecified atom stereocenters. The SMILES string of the molecule is O=CCCN1C=CCC=N1. The summed E-state index contributed by atoms with van der Waals surface area (Å²) in [5.41, 5.74) is 0. The topological polar surface area (TPSA) is 32.7 Å². The maximum atomic E-state index is 9.94. The highest BCUT2D eigenvalue weighted by molar-refractivity contribution is 5.60. The Kier molecular flexibility index (Phi) is 2.67. The summed E-state index contributed by atoms with van der Waals surface area (Å²) in [7, 11) is 0. The van der Waals surface area contributed by atoms with E-state index in [-0.39, 0.29) is 0 Å². The van der Waals surface area contributed by atoms with E-state index in [0.29, 0.717) is 13.0 Å². The first-order valence-electron chi connectivity index (χ1n) is 3.33. The van der Waals surface area contributed by atoms with Crippen molar-refractivity contribution in [1.82, 2.24) is 5.01 Å². The molecule has 10 heavy (non-hydrogen) atoms. The number of carbonyl (C=O) groups excluding carboxylic acids is 1.